The monoisotopic (exact) mass is 431 g/mol. The molecule has 2 aromatic rings. The fourth-order valence-electron chi connectivity index (χ4n) is 3.64. The van der Waals surface area contributed by atoms with Crippen LogP contribution in [0.1, 0.15) is 64.1 Å². The molecule has 0 aliphatic heterocycles. The maximum atomic E-state index is 5.55. The highest BCUT2D eigenvalue weighted by Crippen LogP contribution is 2.34. The van der Waals surface area contributed by atoms with E-state index in [1.165, 1.54) is 19.3 Å². The van der Waals surface area contributed by atoms with Gasteiger partial charge in [-0.05, 0) is 18.9 Å². The molecular formula is C23H33N3O3S. The van der Waals surface area contributed by atoms with Crippen LogP contribution in [-0.4, -0.2) is 38.3 Å². The number of aromatic nitrogens is 1. The molecule has 1 aromatic heterocycles. The molecule has 164 valence electrons. The number of hydrogen-bond donors (Lipinski definition) is 0. The predicted molar refractivity (Wildman–Crippen MR) is 123 cm³/mol. The lowest BCUT2D eigenvalue weighted by molar-refractivity contribution is 0.349. The Hall–Kier alpha value is -2.28. The summed E-state index contributed by atoms with van der Waals surface area (Å²) in [5, 5.41) is 7.01. The number of nitrogens with zero attached hydrogens (tertiary/aromatic N) is 3. The third-order valence-corrected chi connectivity index (χ3v) is 6.20. The van der Waals surface area contributed by atoms with E-state index < -0.39 is 0 Å². The average Bonchev–Trinajstić information content (AvgIpc) is 3.15. The number of hydrogen-bond acceptors (Lipinski definition) is 6. The Morgan fingerprint density at radius 1 is 0.967 bits per heavy atom. The molecule has 0 atom stereocenters. The number of ether oxygens (including phenoxy) is 3. The van der Waals surface area contributed by atoms with E-state index in [0.717, 1.165) is 28.9 Å². The summed E-state index contributed by atoms with van der Waals surface area (Å²) in [6.45, 7) is 6.59. The van der Waals surface area contributed by atoms with Crippen LogP contribution in [0, 0.1) is 0 Å². The molecule has 30 heavy (non-hydrogen) atoms. The first-order valence-corrected chi connectivity index (χ1v) is 11.3. The molecule has 0 spiro atoms. The van der Waals surface area contributed by atoms with Gasteiger partial charge in [-0.15, -0.1) is 11.3 Å². The van der Waals surface area contributed by atoms with Gasteiger partial charge >= 0.3 is 0 Å². The largest absolute Gasteiger partial charge is 0.496 e. The second-order valence-electron chi connectivity index (χ2n) is 8.58. The topological polar surface area (TPSA) is 57.3 Å². The first-order valence-electron chi connectivity index (χ1n) is 10.5. The van der Waals surface area contributed by atoms with E-state index in [9.17, 15) is 0 Å². The molecule has 1 aliphatic rings. The molecule has 1 saturated carbocycles. The fourth-order valence-corrected chi connectivity index (χ4v) is 4.77. The normalized spacial score (nSPS) is 16.3. The quantitative estimate of drug-likeness (QED) is 0.606. The molecule has 1 aliphatic carbocycles. The zero-order chi connectivity index (χ0) is 21.7. The smallest absolute Gasteiger partial charge is 0.206 e. The zero-order valence-corrected chi connectivity index (χ0v) is 19.7. The Labute approximate surface area is 183 Å². The van der Waals surface area contributed by atoms with Crippen molar-refractivity contribution in [2.24, 2.45) is 10.1 Å². The van der Waals surface area contributed by atoms with Crippen LogP contribution in [0.15, 0.2) is 27.6 Å². The summed E-state index contributed by atoms with van der Waals surface area (Å²) in [4.78, 5) is 6.01. The number of rotatable bonds is 6. The van der Waals surface area contributed by atoms with E-state index >= 15 is 0 Å². The van der Waals surface area contributed by atoms with Crippen molar-refractivity contribution in [3.8, 4) is 17.2 Å². The van der Waals surface area contributed by atoms with Crippen molar-refractivity contribution in [3.63, 3.8) is 0 Å². The molecule has 3 rings (SSSR count). The molecule has 1 aromatic carbocycles. The Kier molecular flexibility index (Phi) is 7.23. The molecule has 0 unspecified atom stereocenters. The summed E-state index contributed by atoms with van der Waals surface area (Å²) in [6, 6.07) is 4.08. The van der Waals surface area contributed by atoms with Gasteiger partial charge < -0.3 is 14.2 Å². The highest BCUT2D eigenvalue weighted by molar-refractivity contribution is 7.07. The maximum Gasteiger partial charge on any atom is 0.206 e. The van der Waals surface area contributed by atoms with Crippen LogP contribution < -0.4 is 19.0 Å². The summed E-state index contributed by atoms with van der Waals surface area (Å²) in [7, 11) is 4.87. The SMILES string of the molecule is COc1cc(OC)c(OC)cc1C=Nn1c(C(C)(C)C)csc1=NC1CCCCC1. The molecule has 1 heterocycles. The van der Waals surface area contributed by atoms with Gasteiger partial charge in [0.1, 0.15) is 5.75 Å². The van der Waals surface area contributed by atoms with Gasteiger partial charge in [0.25, 0.3) is 0 Å². The van der Waals surface area contributed by atoms with E-state index in [2.05, 4.69) is 26.2 Å². The third-order valence-electron chi connectivity index (χ3n) is 5.37. The lowest BCUT2D eigenvalue weighted by Gasteiger charge is -2.19. The summed E-state index contributed by atoms with van der Waals surface area (Å²) in [5.41, 5.74) is 1.91. The summed E-state index contributed by atoms with van der Waals surface area (Å²) < 4.78 is 18.4. The Balaban J connectivity index is 2.06. The van der Waals surface area contributed by atoms with Crippen LogP contribution in [0.2, 0.25) is 0 Å². The van der Waals surface area contributed by atoms with Crippen molar-refractivity contribution >= 4 is 17.6 Å². The van der Waals surface area contributed by atoms with Crippen LogP contribution in [0.4, 0.5) is 0 Å². The van der Waals surface area contributed by atoms with Gasteiger partial charge in [-0.2, -0.15) is 5.10 Å². The van der Waals surface area contributed by atoms with E-state index in [-0.39, 0.29) is 5.41 Å². The second-order valence-corrected chi connectivity index (χ2v) is 9.42. The first kappa shape index (κ1) is 22.4. The van der Waals surface area contributed by atoms with Crippen molar-refractivity contribution in [2.45, 2.75) is 64.3 Å². The van der Waals surface area contributed by atoms with Crippen molar-refractivity contribution in [3.05, 3.63) is 33.6 Å². The van der Waals surface area contributed by atoms with Gasteiger partial charge in [0, 0.05) is 22.4 Å². The molecule has 6 nitrogen and oxygen atoms in total. The Morgan fingerprint density at radius 3 is 2.20 bits per heavy atom. The lowest BCUT2D eigenvalue weighted by atomic mass is 9.93. The summed E-state index contributed by atoms with van der Waals surface area (Å²) in [5.74, 6) is 1.94. The minimum atomic E-state index is -0.0458. The average molecular weight is 432 g/mol. The molecule has 0 N–H and O–H groups in total. The van der Waals surface area contributed by atoms with Crippen LogP contribution in [0.3, 0.4) is 0 Å². The maximum absolute atomic E-state index is 5.55. The number of methoxy groups -OCH3 is 3. The van der Waals surface area contributed by atoms with Gasteiger partial charge in [0.05, 0.1) is 39.3 Å². The number of benzene rings is 1. The predicted octanol–water partition coefficient (Wildman–Crippen LogP) is 4.99. The molecule has 1 fully saturated rings. The lowest BCUT2D eigenvalue weighted by Crippen LogP contribution is -2.24. The summed E-state index contributed by atoms with van der Waals surface area (Å²) in [6.07, 6.45) is 7.98. The van der Waals surface area contributed by atoms with Gasteiger partial charge in [-0.25, -0.2) is 4.68 Å². The minimum Gasteiger partial charge on any atom is -0.496 e. The highest BCUT2D eigenvalue weighted by atomic mass is 32.1. The zero-order valence-electron chi connectivity index (χ0n) is 18.9. The fraction of sp³-hybridized carbons (Fsp3) is 0.565. The number of thiazole rings is 1. The van der Waals surface area contributed by atoms with Crippen LogP contribution >= 0.6 is 11.3 Å². The molecule has 7 heteroatoms. The standard InChI is InChI=1S/C23H33N3O3S/c1-23(2,3)21-15-30-22(25-17-10-8-7-9-11-17)26(21)24-14-16-12-19(28-5)20(29-6)13-18(16)27-4/h12-15,17H,7-11H2,1-6H3. The van der Waals surface area contributed by atoms with Gasteiger partial charge in [0.2, 0.25) is 4.80 Å². The van der Waals surface area contributed by atoms with Crippen molar-refractivity contribution in [1.29, 1.82) is 0 Å². The van der Waals surface area contributed by atoms with Crippen LogP contribution in [-0.2, 0) is 5.41 Å². The van der Waals surface area contributed by atoms with E-state index in [0.29, 0.717) is 23.3 Å². The molecule has 0 bridgehead atoms. The second kappa shape index (κ2) is 9.69. The summed E-state index contributed by atoms with van der Waals surface area (Å²) >= 11 is 1.66. The van der Waals surface area contributed by atoms with Crippen molar-refractivity contribution < 1.29 is 14.2 Å². The Morgan fingerprint density at radius 2 is 1.60 bits per heavy atom. The van der Waals surface area contributed by atoms with Crippen LogP contribution in [0.5, 0.6) is 17.2 Å². The van der Waals surface area contributed by atoms with Crippen molar-refractivity contribution in [1.82, 2.24) is 4.68 Å². The molecular weight excluding hydrogens is 398 g/mol. The highest BCUT2D eigenvalue weighted by Gasteiger charge is 2.21. The van der Waals surface area contributed by atoms with E-state index in [1.54, 1.807) is 32.7 Å². The van der Waals surface area contributed by atoms with Crippen LogP contribution in [0.25, 0.3) is 0 Å². The third kappa shape index (κ3) is 5.06. The van der Waals surface area contributed by atoms with Crippen molar-refractivity contribution in [2.75, 3.05) is 21.3 Å². The van der Waals surface area contributed by atoms with Gasteiger partial charge in [0.15, 0.2) is 11.5 Å². The van der Waals surface area contributed by atoms with E-state index in [4.69, 9.17) is 24.3 Å². The molecule has 0 saturated heterocycles. The first-order chi connectivity index (χ1) is 14.4. The van der Waals surface area contributed by atoms with Gasteiger partial charge in [-0.3, -0.25) is 4.99 Å². The Bertz CT molecular complexity index is 948. The van der Waals surface area contributed by atoms with Gasteiger partial charge in [-0.1, -0.05) is 40.0 Å². The molecule has 0 amide bonds. The van der Waals surface area contributed by atoms with E-state index in [1.807, 2.05) is 23.0 Å². The molecule has 0 radical (unpaired) electrons. The minimum absolute atomic E-state index is 0.0458.